The molecule has 0 aromatic heterocycles. The van der Waals surface area contributed by atoms with Crippen molar-refractivity contribution >= 4 is 74.0 Å². The Hall–Kier alpha value is -2.99. The number of nitrogens with zero attached hydrogens (tertiary/aromatic N) is 1. The highest BCUT2D eigenvalue weighted by molar-refractivity contribution is 14.1. The fraction of sp³-hybridized carbons (Fsp3) is 0.0741. The van der Waals surface area contributed by atoms with E-state index in [1.807, 2.05) is 54.6 Å². The maximum absolute atomic E-state index is 12.4. The van der Waals surface area contributed by atoms with Crippen molar-refractivity contribution in [2.75, 3.05) is 0 Å². The zero-order valence-corrected chi connectivity index (χ0v) is 22.7. The van der Waals surface area contributed by atoms with Crippen molar-refractivity contribution in [3.63, 3.8) is 0 Å². The second-order valence-corrected chi connectivity index (χ2v) is 10.0. The molecule has 4 aromatic carbocycles. The van der Waals surface area contributed by atoms with Crippen LogP contribution >= 0.6 is 45.2 Å². The van der Waals surface area contributed by atoms with Crippen LogP contribution in [0.2, 0.25) is 0 Å². The molecule has 0 radical (unpaired) electrons. The van der Waals surface area contributed by atoms with Crippen LogP contribution < -0.4 is 10.2 Å². The molecule has 4 aromatic rings. The summed E-state index contributed by atoms with van der Waals surface area (Å²) in [7, 11) is 0. The van der Waals surface area contributed by atoms with Crippen LogP contribution in [0.3, 0.4) is 0 Å². The largest absolute Gasteiger partial charge is 0.487 e. The summed E-state index contributed by atoms with van der Waals surface area (Å²) < 4.78 is 7.78. The maximum Gasteiger partial charge on any atom is 0.335 e. The highest BCUT2D eigenvalue weighted by atomic mass is 127. The summed E-state index contributed by atoms with van der Waals surface area (Å²) in [6, 6.07) is 24.4. The van der Waals surface area contributed by atoms with Crippen molar-refractivity contribution in [1.29, 1.82) is 0 Å². The predicted molar refractivity (Wildman–Crippen MR) is 153 cm³/mol. The van der Waals surface area contributed by atoms with E-state index < -0.39 is 5.97 Å². The van der Waals surface area contributed by atoms with Gasteiger partial charge in [-0.15, -0.1) is 0 Å². The molecule has 0 saturated carbocycles. The van der Waals surface area contributed by atoms with Crippen LogP contribution in [0.5, 0.6) is 5.75 Å². The van der Waals surface area contributed by atoms with Crippen LogP contribution in [-0.2, 0) is 17.8 Å². The SMILES string of the molecule is O=C(Cc1cccc2ccccc12)N/N=C\c1cc(I)c(OCc2ccc(C(=O)O)cc2)c(I)c1. The number of fused-ring (bicyclic) bond motifs is 1. The molecule has 0 aliphatic heterocycles. The summed E-state index contributed by atoms with van der Waals surface area (Å²) in [5, 5.41) is 15.3. The van der Waals surface area contributed by atoms with Crippen molar-refractivity contribution < 1.29 is 19.4 Å². The molecule has 35 heavy (non-hydrogen) atoms. The normalized spacial score (nSPS) is 11.0. The Morgan fingerprint density at radius 3 is 2.34 bits per heavy atom. The molecule has 0 aliphatic carbocycles. The molecule has 0 saturated heterocycles. The molecule has 2 N–H and O–H groups in total. The Morgan fingerprint density at radius 1 is 0.943 bits per heavy atom. The molecule has 4 rings (SSSR count). The lowest BCUT2D eigenvalue weighted by molar-refractivity contribution is -0.120. The van der Waals surface area contributed by atoms with E-state index in [1.54, 1.807) is 30.5 Å². The molecule has 176 valence electrons. The topological polar surface area (TPSA) is 88.0 Å². The first-order chi connectivity index (χ1) is 16.9. The summed E-state index contributed by atoms with van der Waals surface area (Å²) in [5.41, 5.74) is 5.52. The van der Waals surface area contributed by atoms with Gasteiger partial charge in [0.1, 0.15) is 12.4 Å². The monoisotopic (exact) mass is 690 g/mol. The van der Waals surface area contributed by atoms with Crippen molar-refractivity contribution in [3.05, 3.63) is 108 Å². The van der Waals surface area contributed by atoms with Crippen molar-refractivity contribution in [2.24, 2.45) is 5.10 Å². The second kappa shape index (κ2) is 11.6. The fourth-order valence-electron chi connectivity index (χ4n) is 3.53. The Labute approximate surface area is 229 Å². The predicted octanol–water partition coefficient (Wildman–Crippen LogP) is 6.02. The molecule has 0 bridgehead atoms. The summed E-state index contributed by atoms with van der Waals surface area (Å²) in [6.07, 6.45) is 1.85. The number of rotatable bonds is 8. The number of hydrogen-bond donors (Lipinski definition) is 2. The molecule has 0 atom stereocenters. The number of carbonyl (C=O) groups is 2. The minimum atomic E-state index is -0.955. The van der Waals surface area contributed by atoms with E-state index in [9.17, 15) is 9.59 Å². The number of hydrazone groups is 1. The van der Waals surface area contributed by atoms with E-state index >= 15 is 0 Å². The summed E-state index contributed by atoms with van der Waals surface area (Å²) in [4.78, 5) is 23.4. The molecule has 0 fully saturated rings. The second-order valence-electron chi connectivity index (χ2n) is 7.71. The van der Waals surface area contributed by atoms with Crippen molar-refractivity contribution in [2.45, 2.75) is 13.0 Å². The third kappa shape index (κ3) is 6.57. The smallest absolute Gasteiger partial charge is 0.335 e. The highest BCUT2D eigenvalue weighted by Gasteiger charge is 2.10. The molecule has 0 aliphatic rings. The lowest BCUT2D eigenvalue weighted by Gasteiger charge is -2.11. The quantitative estimate of drug-likeness (QED) is 0.135. The lowest BCUT2D eigenvalue weighted by Crippen LogP contribution is -2.19. The van der Waals surface area contributed by atoms with Gasteiger partial charge in [-0.05, 0) is 96.9 Å². The number of nitrogens with one attached hydrogen (secondary N) is 1. The van der Waals surface area contributed by atoms with Crippen LogP contribution in [0.4, 0.5) is 0 Å². The Kier molecular flexibility index (Phi) is 8.34. The third-order valence-corrected chi connectivity index (χ3v) is 6.84. The minimum absolute atomic E-state index is 0.184. The first kappa shape index (κ1) is 25.1. The van der Waals surface area contributed by atoms with E-state index in [4.69, 9.17) is 9.84 Å². The summed E-state index contributed by atoms with van der Waals surface area (Å²) >= 11 is 4.40. The number of benzene rings is 4. The number of halogens is 2. The molecule has 0 heterocycles. The first-order valence-corrected chi connectivity index (χ1v) is 12.8. The Morgan fingerprint density at radius 2 is 1.63 bits per heavy atom. The van der Waals surface area contributed by atoms with Gasteiger partial charge in [0.05, 0.1) is 25.3 Å². The molecule has 0 spiro atoms. The zero-order valence-electron chi connectivity index (χ0n) is 18.4. The minimum Gasteiger partial charge on any atom is -0.487 e. The van der Waals surface area contributed by atoms with Gasteiger partial charge in [0.25, 0.3) is 0 Å². The molecule has 6 nitrogen and oxygen atoms in total. The van der Waals surface area contributed by atoms with Crippen LogP contribution in [0.15, 0.2) is 84.0 Å². The van der Waals surface area contributed by atoms with Gasteiger partial charge < -0.3 is 9.84 Å². The van der Waals surface area contributed by atoms with E-state index in [0.717, 1.165) is 40.4 Å². The van der Waals surface area contributed by atoms with E-state index in [0.29, 0.717) is 6.61 Å². The lowest BCUT2D eigenvalue weighted by atomic mass is 10.0. The summed E-state index contributed by atoms with van der Waals surface area (Å²) in [5.74, 6) is -0.398. The Bertz CT molecular complexity index is 1390. The van der Waals surface area contributed by atoms with Gasteiger partial charge >= 0.3 is 5.97 Å². The number of carbonyl (C=O) groups excluding carboxylic acids is 1. The number of aromatic carboxylic acids is 1. The number of carboxylic acid groups (broad SMARTS) is 1. The third-order valence-electron chi connectivity index (χ3n) is 5.24. The van der Waals surface area contributed by atoms with Gasteiger partial charge in [-0.25, -0.2) is 10.2 Å². The van der Waals surface area contributed by atoms with E-state index in [2.05, 4.69) is 55.7 Å². The average molecular weight is 690 g/mol. The van der Waals surface area contributed by atoms with Gasteiger partial charge in [0.2, 0.25) is 5.91 Å². The van der Waals surface area contributed by atoms with Crippen LogP contribution in [0, 0.1) is 7.14 Å². The zero-order chi connectivity index (χ0) is 24.8. The fourth-order valence-corrected chi connectivity index (χ4v) is 5.66. The molecular formula is C27H20I2N2O4. The van der Waals surface area contributed by atoms with E-state index in [-0.39, 0.29) is 17.9 Å². The van der Waals surface area contributed by atoms with Gasteiger partial charge in [-0.2, -0.15) is 5.10 Å². The number of amides is 1. The van der Waals surface area contributed by atoms with Gasteiger partial charge in [0, 0.05) is 0 Å². The van der Waals surface area contributed by atoms with Crippen LogP contribution in [-0.4, -0.2) is 23.2 Å². The number of carboxylic acids is 1. The van der Waals surface area contributed by atoms with E-state index in [1.165, 1.54) is 0 Å². The van der Waals surface area contributed by atoms with Crippen molar-refractivity contribution in [3.8, 4) is 5.75 Å². The first-order valence-electron chi connectivity index (χ1n) is 10.6. The molecule has 1 amide bonds. The average Bonchev–Trinajstić information content (AvgIpc) is 2.84. The number of hydrogen-bond acceptors (Lipinski definition) is 4. The summed E-state index contributed by atoms with van der Waals surface area (Å²) in [6.45, 7) is 0.323. The molecular weight excluding hydrogens is 670 g/mol. The highest BCUT2D eigenvalue weighted by Crippen LogP contribution is 2.29. The Balaban J connectivity index is 1.36. The molecule has 0 unspecified atom stereocenters. The van der Waals surface area contributed by atoms with Crippen LogP contribution in [0.1, 0.15) is 27.0 Å². The molecule has 8 heteroatoms. The van der Waals surface area contributed by atoms with Crippen molar-refractivity contribution in [1.82, 2.24) is 5.43 Å². The van der Waals surface area contributed by atoms with Gasteiger partial charge in [-0.3, -0.25) is 4.79 Å². The van der Waals surface area contributed by atoms with Crippen LogP contribution in [0.25, 0.3) is 10.8 Å². The maximum atomic E-state index is 12.4. The number of ether oxygens (including phenoxy) is 1. The van der Waals surface area contributed by atoms with Gasteiger partial charge in [-0.1, -0.05) is 54.6 Å². The van der Waals surface area contributed by atoms with Gasteiger partial charge in [0.15, 0.2) is 0 Å². The standard InChI is InChI=1S/C27H20I2N2O4/c28-23-12-18(13-24(29)26(23)35-16-17-8-10-20(11-9-17)27(33)34)15-30-31-25(32)14-21-6-3-5-19-4-1-2-7-22(19)21/h1-13,15H,14,16H2,(H,31,32)(H,33,34)/b30-15-.